The van der Waals surface area contributed by atoms with Crippen molar-refractivity contribution in [1.29, 1.82) is 0 Å². The lowest BCUT2D eigenvalue weighted by atomic mass is 10.1. The summed E-state index contributed by atoms with van der Waals surface area (Å²) in [5, 5.41) is 11.6. The number of aromatic amines is 1. The summed E-state index contributed by atoms with van der Waals surface area (Å²) in [6.45, 7) is 1.76. The summed E-state index contributed by atoms with van der Waals surface area (Å²) in [7, 11) is 0. The molecule has 1 heterocycles. The summed E-state index contributed by atoms with van der Waals surface area (Å²) in [5.74, 6) is 0. The van der Waals surface area contributed by atoms with Gasteiger partial charge in [-0.3, -0.25) is 0 Å². The second-order valence-electron chi connectivity index (χ2n) is 2.97. The number of H-pyrrole nitrogens is 1. The SMILES string of the molecule is CC(O)c1[nH]cc2ccccc12. The Balaban J connectivity index is 2.70. The Morgan fingerprint density at radius 1 is 1.33 bits per heavy atom. The summed E-state index contributed by atoms with van der Waals surface area (Å²) in [6, 6.07) is 8.00. The molecule has 1 unspecified atom stereocenters. The first-order valence-corrected chi connectivity index (χ1v) is 4.03. The van der Waals surface area contributed by atoms with E-state index in [9.17, 15) is 5.11 Å². The van der Waals surface area contributed by atoms with Crippen LogP contribution in [0.3, 0.4) is 0 Å². The van der Waals surface area contributed by atoms with E-state index in [0.29, 0.717) is 0 Å². The van der Waals surface area contributed by atoms with Crippen LogP contribution in [0.4, 0.5) is 0 Å². The monoisotopic (exact) mass is 161 g/mol. The standard InChI is InChI=1S/C10H11NO/c1-7(12)10-9-5-3-2-4-8(9)6-11-10/h2-7,11-12H,1H3. The van der Waals surface area contributed by atoms with Crippen LogP contribution in [-0.4, -0.2) is 10.1 Å². The summed E-state index contributed by atoms with van der Waals surface area (Å²) in [4.78, 5) is 3.06. The molecular weight excluding hydrogens is 150 g/mol. The van der Waals surface area contributed by atoms with Crippen molar-refractivity contribution >= 4 is 10.8 Å². The third-order valence-corrected chi connectivity index (χ3v) is 2.05. The van der Waals surface area contributed by atoms with Crippen molar-refractivity contribution in [3.05, 3.63) is 36.2 Å². The van der Waals surface area contributed by atoms with Crippen LogP contribution in [-0.2, 0) is 0 Å². The smallest absolute Gasteiger partial charge is 0.0915 e. The lowest BCUT2D eigenvalue weighted by Gasteiger charge is -2.00. The Labute approximate surface area is 70.8 Å². The highest BCUT2D eigenvalue weighted by atomic mass is 16.3. The van der Waals surface area contributed by atoms with Crippen LogP contribution in [0.15, 0.2) is 30.5 Å². The average molecular weight is 161 g/mol. The van der Waals surface area contributed by atoms with Crippen molar-refractivity contribution in [3.8, 4) is 0 Å². The Bertz CT molecular complexity index is 389. The van der Waals surface area contributed by atoms with Crippen LogP contribution in [0.5, 0.6) is 0 Å². The van der Waals surface area contributed by atoms with E-state index in [1.807, 2.05) is 30.5 Å². The molecule has 0 aliphatic carbocycles. The van der Waals surface area contributed by atoms with E-state index in [1.165, 1.54) is 0 Å². The number of benzene rings is 1. The predicted octanol–water partition coefficient (Wildman–Crippen LogP) is 2.22. The highest BCUT2D eigenvalue weighted by Gasteiger charge is 2.06. The molecule has 0 fully saturated rings. The lowest BCUT2D eigenvalue weighted by molar-refractivity contribution is 0.196. The first-order chi connectivity index (χ1) is 5.79. The van der Waals surface area contributed by atoms with E-state index >= 15 is 0 Å². The Kier molecular flexibility index (Phi) is 1.62. The minimum absolute atomic E-state index is 0.426. The van der Waals surface area contributed by atoms with Gasteiger partial charge in [0, 0.05) is 11.6 Å². The number of aliphatic hydroxyl groups excluding tert-OH is 1. The molecule has 62 valence electrons. The van der Waals surface area contributed by atoms with E-state index < -0.39 is 6.10 Å². The average Bonchev–Trinajstić information content (AvgIpc) is 2.47. The fourth-order valence-corrected chi connectivity index (χ4v) is 1.45. The Morgan fingerprint density at radius 2 is 2.08 bits per heavy atom. The summed E-state index contributed by atoms with van der Waals surface area (Å²) < 4.78 is 0. The molecule has 0 bridgehead atoms. The van der Waals surface area contributed by atoms with Crippen LogP contribution in [0.1, 0.15) is 18.7 Å². The van der Waals surface area contributed by atoms with Crippen LogP contribution < -0.4 is 0 Å². The molecule has 2 nitrogen and oxygen atoms in total. The third kappa shape index (κ3) is 1.01. The zero-order chi connectivity index (χ0) is 8.55. The number of nitrogens with one attached hydrogen (secondary N) is 1. The van der Waals surface area contributed by atoms with Crippen molar-refractivity contribution in [2.45, 2.75) is 13.0 Å². The van der Waals surface area contributed by atoms with E-state index in [2.05, 4.69) is 4.98 Å². The molecule has 2 rings (SSSR count). The molecule has 1 atom stereocenters. The quantitative estimate of drug-likeness (QED) is 0.661. The molecule has 0 saturated heterocycles. The lowest BCUT2D eigenvalue weighted by Crippen LogP contribution is -1.90. The first-order valence-electron chi connectivity index (χ1n) is 4.03. The molecule has 0 saturated carbocycles. The first kappa shape index (κ1) is 7.37. The fraction of sp³-hybridized carbons (Fsp3) is 0.200. The van der Waals surface area contributed by atoms with Gasteiger partial charge in [0.25, 0.3) is 0 Å². The van der Waals surface area contributed by atoms with Crippen molar-refractivity contribution < 1.29 is 5.11 Å². The molecule has 2 aromatic rings. The van der Waals surface area contributed by atoms with Gasteiger partial charge in [-0.15, -0.1) is 0 Å². The summed E-state index contributed by atoms with van der Waals surface area (Å²) >= 11 is 0. The van der Waals surface area contributed by atoms with Crippen molar-refractivity contribution in [3.63, 3.8) is 0 Å². The van der Waals surface area contributed by atoms with Crippen LogP contribution >= 0.6 is 0 Å². The molecule has 0 amide bonds. The molecule has 2 N–H and O–H groups in total. The minimum Gasteiger partial charge on any atom is -0.387 e. The van der Waals surface area contributed by atoms with Crippen LogP contribution in [0, 0.1) is 0 Å². The van der Waals surface area contributed by atoms with Gasteiger partial charge in [0.05, 0.1) is 11.8 Å². The van der Waals surface area contributed by atoms with E-state index in [1.54, 1.807) is 6.92 Å². The molecule has 2 heteroatoms. The predicted molar refractivity (Wildman–Crippen MR) is 48.9 cm³/mol. The van der Waals surface area contributed by atoms with Crippen molar-refractivity contribution in [2.75, 3.05) is 0 Å². The summed E-state index contributed by atoms with van der Waals surface area (Å²) in [5.41, 5.74) is 0.894. The molecule has 0 aliphatic heterocycles. The number of aromatic nitrogens is 1. The number of fused-ring (bicyclic) bond motifs is 1. The van der Waals surface area contributed by atoms with Gasteiger partial charge in [0.15, 0.2) is 0 Å². The fourth-order valence-electron chi connectivity index (χ4n) is 1.45. The highest BCUT2D eigenvalue weighted by molar-refractivity contribution is 5.85. The van der Waals surface area contributed by atoms with Gasteiger partial charge in [0.2, 0.25) is 0 Å². The van der Waals surface area contributed by atoms with Crippen LogP contribution in [0.25, 0.3) is 10.8 Å². The van der Waals surface area contributed by atoms with Crippen LogP contribution in [0.2, 0.25) is 0 Å². The number of aliphatic hydroxyl groups is 1. The maximum atomic E-state index is 9.38. The van der Waals surface area contributed by atoms with E-state index in [4.69, 9.17) is 0 Å². The topological polar surface area (TPSA) is 36.0 Å². The van der Waals surface area contributed by atoms with Crippen molar-refractivity contribution in [1.82, 2.24) is 4.98 Å². The van der Waals surface area contributed by atoms with Gasteiger partial charge in [-0.25, -0.2) is 0 Å². The minimum atomic E-state index is -0.426. The molecule has 0 radical (unpaired) electrons. The molecule has 1 aromatic carbocycles. The normalized spacial score (nSPS) is 13.5. The second kappa shape index (κ2) is 2.64. The van der Waals surface area contributed by atoms with Gasteiger partial charge < -0.3 is 10.1 Å². The van der Waals surface area contributed by atoms with E-state index in [-0.39, 0.29) is 0 Å². The van der Waals surface area contributed by atoms with E-state index in [0.717, 1.165) is 16.5 Å². The highest BCUT2D eigenvalue weighted by Crippen LogP contribution is 2.22. The van der Waals surface area contributed by atoms with Gasteiger partial charge in [-0.05, 0) is 12.3 Å². The molecule has 0 aliphatic rings. The van der Waals surface area contributed by atoms with Gasteiger partial charge >= 0.3 is 0 Å². The van der Waals surface area contributed by atoms with Gasteiger partial charge in [0.1, 0.15) is 0 Å². The molecule has 12 heavy (non-hydrogen) atoms. The van der Waals surface area contributed by atoms with Gasteiger partial charge in [-0.1, -0.05) is 24.3 Å². The molecule has 0 spiro atoms. The molecule has 1 aromatic heterocycles. The number of hydrogen-bond donors (Lipinski definition) is 2. The Hall–Kier alpha value is -1.28. The van der Waals surface area contributed by atoms with Gasteiger partial charge in [-0.2, -0.15) is 0 Å². The largest absolute Gasteiger partial charge is 0.387 e. The third-order valence-electron chi connectivity index (χ3n) is 2.05. The summed E-state index contributed by atoms with van der Waals surface area (Å²) in [6.07, 6.45) is 1.49. The second-order valence-corrected chi connectivity index (χ2v) is 2.97. The maximum absolute atomic E-state index is 9.38. The zero-order valence-electron chi connectivity index (χ0n) is 6.91. The van der Waals surface area contributed by atoms with Crippen molar-refractivity contribution in [2.24, 2.45) is 0 Å². The maximum Gasteiger partial charge on any atom is 0.0915 e. The zero-order valence-corrected chi connectivity index (χ0v) is 6.91. The molecular formula is C10H11NO. The Morgan fingerprint density at radius 3 is 2.83 bits per heavy atom. The number of rotatable bonds is 1. The number of hydrogen-bond acceptors (Lipinski definition) is 1.